The molecule has 1 heterocycles. The minimum atomic E-state index is -0.555. The average Bonchev–Trinajstić information content (AvgIpc) is 2.82. The molecule has 1 aliphatic rings. The number of amides is 1. The highest BCUT2D eigenvalue weighted by atomic mass is 19.1. The van der Waals surface area contributed by atoms with Crippen LogP contribution in [0.5, 0.6) is 0 Å². The van der Waals surface area contributed by atoms with Gasteiger partial charge in [0.1, 0.15) is 5.82 Å². The minimum absolute atomic E-state index is 0.00752. The summed E-state index contributed by atoms with van der Waals surface area (Å²) in [6.45, 7) is 1.38. The van der Waals surface area contributed by atoms with E-state index >= 15 is 0 Å². The summed E-state index contributed by atoms with van der Waals surface area (Å²) in [5, 5.41) is 3.23. The molecule has 0 aromatic heterocycles. The Morgan fingerprint density at radius 2 is 2.35 bits per heavy atom. The van der Waals surface area contributed by atoms with Crippen LogP contribution in [0.1, 0.15) is 23.2 Å². The van der Waals surface area contributed by atoms with Crippen LogP contribution in [0.2, 0.25) is 0 Å². The second kappa shape index (κ2) is 5.75. The number of hydrogen-bond acceptors (Lipinski definition) is 3. The Kier molecular flexibility index (Phi) is 4.06. The fraction of sp³-hybridized carbons (Fsp3) is 0.417. The van der Waals surface area contributed by atoms with Crippen LogP contribution in [-0.4, -0.2) is 25.1 Å². The molecule has 1 amide bonds. The van der Waals surface area contributed by atoms with Gasteiger partial charge in [-0.15, -0.1) is 0 Å². The van der Waals surface area contributed by atoms with Crippen LogP contribution in [0.15, 0.2) is 24.3 Å². The zero-order valence-electron chi connectivity index (χ0n) is 9.41. The van der Waals surface area contributed by atoms with Crippen LogP contribution < -0.4 is 10.8 Å². The van der Waals surface area contributed by atoms with Gasteiger partial charge in [0.15, 0.2) is 0 Å². The summed E-state index contributed by atoms with van der Waals surface area (Å²) >= 11 is 0. The van der Waals surface area contributed by atoms with Gasteiger partial charge >= 0.3 is 0 Å². The molecular formula is C12H15FN2O2. The van der Waals surface area contributed by atoms with Crippen molar-refractivity contribution in [3.05, 3.63) is 35.6 Å². The van der Waals surface area contributed by atoms with Crippen molar-refractivity contribution in [3.63, 3.8) is 0 Å². The van der Waals surface area contributed by atoms with E-state index in [-0.39, 0.29) is 11.6 Å². The van der Waals surface area contributed by atoms with E-state index in [4.69, 9.17) is 4.84 Å². The first-order valence-electron chi connectivity index (χ1n) is 5.67. The van der Waals surface area contributed by atoms with Gasteiger partial charge in [-0.25, -0.2) is 9.87 Å². The lowest BCUT2D eigenvalue weighted by Crippen LogP contribution is -2.33. The Morgan fingerprint density at radius 1 is 1.53 bits per heavy atom. The molecule has 1 aromatic rings. The number of carbonyl (C=O) groups excluding carboxylic acids is 1. The average molecular weight is 238 g/mol. The summed E-state index contributed by atoms with van der Waals surface area (Å²) in [7, 11) is 0. The number of carbonyl (C=O) groups is 1. The van der Waals surface area contributed by atoms with Gasteiger partial charge in [-0.2, -0.15) is 0 Å². The molecule has 0 saturated carbocycles. The minimum Gasteiger partial charge on any atom is -0.312 e. The maximum atomic E-state index is 13.2. The van der Waals surface area contributed by atoms with Gasteiger partial charge in [-0.3, -0.25) is 9.63 Å². The lowest BCUT2D eigenvalue weighted by atomic mass is 10.2. The zero-order chi connectivity index (χ0) is 12.1. The van der Waals surface area contributed by atoms with E-state index in [2.05, 4.69) is 10.8 Å². The van der Waals surface area contributed by atoms with Crippen molar-refractivity contribution < 1.29 is 14.0 Å². The first-order valence-corrected chi connectivity index (χ1v) is 5.67. The molecular weight excluding hydrogens is 223 g/mol. The van der Waals surface area contributed by atoms with E-state index in [1.807, 2.05) is 0 Å². The Labute approximate surface area is 99.1 Å². The van der Waals surface area contributed by atoms with Crippen LogP contribution >= 0.6 is 0 Å². The third-order valence-electron chi connectivity index (χ3n) is 2.73. The predicted molar refractivity (Wildman–Crippen MR) is 60.8 cm³/mol. The van der Waals surface area contributed by atoms with Crippen LogP contribution in [0, 0.1) is 5.82 Å². The summed E-state index contributed by atoms with van der Waals surface area (Å²) < 4.78 is 13.2. The lowest BCUT2D eigenvalue weighted by molar-refractivity contribution is 0.0239. The summed E-state index contributed by atoms with van der Waals surface area (Å²) in [4.78, 5) is 16.6. The molecule has 0 spiro atoms. The fourth-order valence-electron chi connectivity index (χ4n) is 1.81. The van der Waals surface area contributed by atoms with Gasteiger partial charge in [-0.05, 0) is 31.5 Å². The number of hydrogen-bond donors (Lipinski definition) is 2. The maximum Gasteiger partial charge on any atom is 0.277 e. The van der Waals surface area contributed by atoms with Gasteiger partial charge in [0.25, 0.3) is 5.91 Å². The van der Waals surface area contributed by atoms with Gasteiger partial charge in [0.05, 0.1) is 12.2 Å². The van der Waals surface area contributed by atoms with Crippen LogP contribution in [-0.2, 0) is 4.84 Å². The Bertz CT molecular complexity index is 392. The Hall–Kier alpha value is -1.46. The van der Waals surface area contributed by atoms with Crippen molar-refractivity contribution in [2.45, 2.75) is 18.9 Å². The molecule has 1 aromatic carbocycles. The number of hydroxylamine groups is 1. The molecule has 2 rings (SSSR count). The van der Waals surface area contributed by atoms with Crippen LogP contribution in [0.3, 0.4) is 0 Å². The zero-order valence-corrected chi connectivity index (χ0v) is 9.41. The number of rotatable bonds is 4. The number of nitrogens with one attached hydrogen (secondary N) is 2. The molecule has 0 radical (unpaired) electrons. The summed E-state index contributed by atoms with van der Waals surface area (Å²) in [6.07, 6.45) is 2.16. The molecule has 1 unspecified atom stereocenters. The highest BCUT2D eigenvalue weighted by molar-refractivity contribution is 5.93. The summed E-state index contributed by atoms with van der Waals surface area (Å²) in [5.74, 6) is -1.10. The fourth-order valence-corrected chi connectivity index (χ4v) is 1.81. The Balaban J connectivity index is 1.79. The first-order chi connectivity index (χ1) is 8.27. The molecule has 17 heavy (non-hydrogen) atoms. The summed E-state index contributed by atoms with van der Waals surface area (Å²) in [6, 6.07) is 6.08. The third kappa shape index (κ3) is 3.25. The first kappa shape index (κ1) is 12.0. The van der Waals surface area contributed by atoms with E-state index in [1.165, 1.54) is 18.2 Å². The van der Waals surface area contributed by atoms with Crippen molar-refractivity contribution >= 4 is 5.91 Å². The molecule has 1 aliphatic heterocycles. The molecule has 1 saturated heterocycles. The van der Waals surface area contributed by atoms with Crippen LogP contribution in [0.25, 0.3) is 0 Å². The van der Waals surface area contributed by atoms with Crippen LogP contribution in [0.4, 0.5) is 4.39 Å². The highest BCUT2D eigenvalue weighted by Gasteiger charge is 2.15. The lowest BCUT2D eigenvalue weighted by Gasteiger charge is -2.11. The van der Waals surface area contributed by atoms with Crippen molar-refractivity contribution in [3.8, 4) is 0 Å². The number of benzene rings is 1. The molecule has 2 N–H and O–H groups in total. The van der Waals surface area contributed by atoms with Gasteiger partial charge in [-0.1, -0.05) is 12.1 Å². The quantitative estimate of drug-likeness (QED) is 0.776. The second-order valence-corrected chi connectivity index (χ2v) is 4.02. The van der Waals surface area contributed by atoms with E-state index in [1.54, 1.807) is 6.07 Å². The molecule has 0 bridgehead atoms. The van der Waals surface area contributed by atoms with E-state index in [0.717, 1.165) is 19.4 Å². The molecule has 1 atom stereocenters. The molecule has 0 aliphatic carbocycles. The normalized spacial score (nSPS) is 19.2. The monoisotopic (exact) mass is 238 g/mol. The smallest absolute Gasteiger partial charge is 0.277 e. The standard InChI is InChI=1S/C12H15FN2O2/c13-11-6-2-1-5-10(11)12(16)15-17-8-9-4-3-7-14-9/h1-2,5-6,9,14H,3-4,7-8H2,(H,15,16). The maximum absolute atomic E-state index is 13.2. The van der Waals surface area contributed by atoms with Gasteiger partial charge in [0.2, 0.25) is 0 Å². The van der Waals surface area contributed by atoms with Crippen molar-refractivity contribution in [2.75, 3.05) is 13.2 Å². The Morgan fingerprint density at radius 3 is 3.06 bits per heavy atom. The second-order valence-electron chi connectivity index (χ2n) is 4.02. The van der Waals surface area contributed by atoms with E-state index < -0.39 is 11.7 Å². The van der Waals surface area contributed by atoms with Crippen molar-refractivity contribution in [2.24, 2.45) is 0 Å². The van der Waals surface area contributed by atoms with Crippen molar-refractivity contribution in [1.29, 1.82) is 0 Å². The van der Waals surface area contributed by atoms with E-state index in [0.29, 0.717) is 6.61 Å². The molecule has 1 fully saturated rings. The molecule has 92 valence electrons. The van der Waals surface area contributed by atoms with Gasteiger partial charge in [0, 0.05) is 6.04 Å². The van der Waals surface area contributed by atoms with E-state index in [9.17, 15) is 9.18 Å². The molecule has 4 nitrogen and oxygen atoms in total. The molecule has 5 heteroatoms. The third-order valence-corrected chi connectivity index (χ3v) is 2.73. The number of halogens is 1. The SMILES string of the molecule is O=C(NOCC1CCCN1)c1ccccc1F. The topological polar surface area (TPSA) is 50.4 Å². The largest absolute Gasteiger partial charge is 0.312 e. The highest BCUT2D eigenvalue weighted by Crippen LogP contribution is 2.07. The predicted octanol–water partition coefficient (Wildman–Crippen LogP) is 1.24. The van der Waals surface area contributed by atoms with Gasteiger partial charge < -0.3 is 5.32 Å². The summed E-state index contributed by atoms with van der Waals surface area (Å²) in [5.41, 5.74) is 2.24. The van der Waals surface area contributed by atoms with Crippen molar-refractivity contribution in [1.82, 2.24) is 10.8 Å².